The van der Waals surface area contributed by atoms with E-state index in [9.17, 15) is 22.8 Å². The average Bonchev–Trinajstić information content (AvgIpc) is 3.32. The smallest absolute Gasteiger partial charge is 0.264 e. The Morgan fingerprint density at radius 2 is 2.03 bits per heavy atom. The summed E-state index contributed by atoms with van der Waals surface area (Å²) in [6.07, 6.45) is 1.59. The van der Waals surface area contributed by atoms with E-state index in [2.05, 4.69) is 15.5 Å². The number of hydrogen-bond acceptors (Lipinski definition) is 4. The first-order chi connectivity index (χ1) is 15.3. The first-order valence-corrected chi connectivity index (χ1v) is 9.72. The van der Waals surface area contributed by atoms with Crippen LogP contribution in [0.5, 0.6) is 0 Å². The van der Waals surface area contributed by atoms with Gasteiger partial charge in [0.2, 0.25) is 5.91 Å². The second-order valence-electron chi connectivity index (χ2n) is 7.28. The Kier molecular flexibility index (Phi) is 5.80. The van der Waals surface area contributed by atoms with Gasteiger partial charge in [-0.2, -0.15) is 10.2 Å². The van der Waals surface area contributed by atoms with Gasteiger partial charge in [0, 0.05) is 49.4 Å². The summed E-state index contributed by atoms with van der Waals surface area (Å²) in [6.45, 7) is 0.302. The Labute approximate surface area is 179 Å². The third kappa shape index (κ3) is 4.56. The van der Waals surface area contributed by atoms with E-state index in [-0.39, 0.29) is 41.3 Å². The van der Waals surface area contributed by atoms with Gasteiger partial charge in [-0.3, -0.25) is 23.5 Å². The van der Waals surface area contributed by atoms with E-state index in [1.54, 1.807) is 30.1 Å². The van der Waals surface area contributed by atoms with Crippen LogP contribution < -0.4 is 10.9 Å². The Morgan fingerprint density at radius 1 is 1.22 bits per heavy atom. The normalized spacial score (nSPS) is 11.4. The van der Waals surface area contributed by atoms with Crippen LogP contribution in [-0.4, -0.2) is 30.0 Å². The van der Waals surface area contributed by atoms with Crippen LogP contribution in [0.2, 0.25) is 0 Å². The Hall–Kier alpha value is -3.89. The second kappa shape index (κ2) is 8.69. The Balaban J connectivity index is 1.43. The molecule has 0 radical (unpaired) electrons. The highest BCUT2D eigenvalue weighted by Gasteiger charge is 2.19. The molecule has 1 amide bonds. The van der Waals surface area contributed by atoms with Gasteiger partial charge in [-0.25, -0.2) is 13.2 Å². The van der Waals surface area contributed by atoms with Gasteiger partial charge in [0.1, 0.15) is 5.82 Å². The van der Waals surface area contributed by atoms with Gasteiger partial charge in [0.15, 0.2) is 5.65 Å². The fourth-order valence-electron chi connectivity index (χ4n) is 3.44. The molecule has 3 aromatic heterocycles. The molecule has 166 valence electrons. The number of benzene rings is 1. The molecule has 0 saturated carbocycles. The molecular formula is C21H19F3N6O2. The van der Waals surface area contributed by atoms with Crippen molar-refractivity contribution in [1.29, 1.82) is 0 Å². The molecule has 0 bridgehead atoms. The molecule has 1 aromatic carbocycles. The maximum atomic E-state index is 13.3. The van der Waals surface area contributed by atoms with Gasteiger partial charge in [0.05, 0.1) is 18.4 Å². The largest absolute Gasteiger partial charge is 0.323 e. The molecule has 4 aromatic rings. The number of nitrogens with zero attached hydrogens (tertiary/aromatic N) is 5. The number of fused-ring (bicyclic) bond motifs is 1. The minimum atomic E-state index is -2.81. The summed E-state index contributed by atoms with van der Waals surface area (Å²) in [4.78, 5) is 24.7. The van der Waals surface area contributed by atoms with Crippen LogP contribution in [0.3, 0.4) is 0 Å². The number of nitrogens with one attached hydrogen (secondary N) is 1. The highest BCUT2D eigenvalue weighted by molar-refractivity contribution is 5.90. The van der Waals surface area contributed by atoms with Crippen LogP contribution >= 0.6 is 0 Å². The molecule has 32 heavy (non-hydrogen) atoms. The van der Waals surface area contributed by atoms with Gasteiger partial charge in [-0.05, 0) is 17.7 Å². The summed E-state index contributed by atoms with van der Waals surface area (Å²) in [5.74, 6) is -0.730. The van der Waals surface area contributed by atoms with Crippen molar-refractivity contribution in [1.82, 2.24) is 24.1 Å². The van der Waals surface area contributed by atoms with E-state index in [4.69, 9.17) is 0 Å². The topological polar surface area (TPSA) is 86.7 Å². The molecule has 0 aliphatic rings. The molecule has 0 unspecified atom stereocenters. The number of alkyl halides is 2. The molecule has 0 atom stereocenters. The second-order valence-corrected chi connectivity index (χ2v) is 7.28. The average molecular weight is 444 g/mol. The lowest BCUT2D eigenvalue weighted by atomic mass is 10.2. The zero-order chi connectivity index (χ0) is 22.8. The fourth-order valence-corrected chi connectivity index (χ4v) is 3.44. The SMILES string of the molecule is Cn1cc2c(C(F)F)cc(=O)n(CCC(=O)Nc3cnn(Cc4cccc(F)c4)c3)c2n1. The van der Waals surface area contributed by atoms with E-state index in [1.807, 2.05) is 0 Å². The van der Waals surface area contributed by atoms with Crippen LogP contribution in [0.15, 0.2) is 53.7 Å². The monoisotopic (exact) mass is 444 g/mol. The summed E-state index contributed by atoms with van der Waals surface area (Å²) in [7, 11) is 1.57. The lowest BCUT2D eigenvalue weighted by molar-refractivity contribution is -0.116. The van der Waals surface area contributed by atoms with Gasteiger partial charge < -0.3 is 5.32 Å². The minimum Gasteiger partial charge on any atom is -0.323 e. The van der Waals surface area contributed by atoms with Crippen molar-refractivity contribution in [3.05, 3.63) is 76.2 Å². The van der Waals surface area contributed by atoms with Gasteiger partial charge in [0.25, 0.3) is 12.0 Å². The maximum absolute atomic E-state index is 13.3. The number of carbonyl (C=O) groups excluding carboxylic acids is 1. The third-order valence-corrected chi connectivity index (χ3v) is 4.87. The molecule has 0 fully saturated rings. The van der Waals surface area contributed by atoms with Crippen molar-refractivity contribution in [3.63, 3.8) is 0 Å². The number of aryl methyl sites for hydroxylation is 2. The molecule has 0 aliphatic heterocycles. The van der Waals surface area contributed by atoms with Crippen molar-refractivity contribution >= 4 is 22.6 Å². The van der Waals surface area contributed by atoms with Crippen molar-refractivity contribution in [2.24, 2.45) is 7.05 Å². The summed E-state index contributed by atoms with van der Waals surface area (Å²) in [5.41, 5.74) is 0.226. The zero-order valence-corrected chi connectivity index (χ0v) is 17.0. The van der Waals surface area contributed by atoms with E-state index < -0.39 is 12.0 Å². The highest BCUT2D eigenvalue weighted by Crippen LogP contribution is 2.25. The quantitative estimate of drug-likeness (QED) is 0.475. The first kappa shape index (κ1) is 21.3. The van der Waals surface area contributed by atoms with E-state index >= 15 is 0 Å². The van der Waals surface area contributed by atoms with Gasteiger partial charge in [-0.1, -0.05) is 12.1 Å². The number of carbonyl (C=O) groups is 1. The summed E-state index contributed by atoms with van der Waals surface area (Å²) in [6, 6.07) is 6.99. The molecular weight excluding hydrogens is 425 g/mol. The van der Waals surface area contributed by atoms with Crippen molar-refractivity contribution < 1.29 is 18.0 Å². The fraction of sp³-hybridized carbons (Fsp3) is 0.238. The molecule has 8 nitrogen and oxygen atoms in total. The maximum Gasteiger partial charge on any atom is 0.264 e. The molecule has 4 rings (SSSR count). The summed E-state index contributed by atoms with van der Waals surface area (Å²) in [5, 5.41) is 11.1. The van der Waals surface area contributed by atoms with Crippen LogP contribution in [-0.2, 0) is 24.9 Å². The number of pyridine rings is 1. The summed E-state index contributed by atoms with van der Waals surface area (Å²) < 4.78 is 43.9. The Bertz CT molecular complexity index is 1340. The highest BCUT2D eigenvalue weighted by atomic mass is 19.3. The number of rotatable bonds is 7. The lowest BCUT2D eigenvalue weighted by Gasteiger charge is -2.09. The standard InChI is InChI=1S/C21H19F3N6O2/c1-28-12-17-16(20(23)24)8-19(32)30(21(17)27-28)6-5-18(31)26-15-9-25-29(11-15)10-13-3-2-4-14(22)7-13/h2-4,7-9,11-12,20H,5-6,10H2,1H3,(H,26,31). The molecule has 3 heterocycles. The van der Waals surface area contributed by atoms with Crippen molar-refractivity contribution in [3.8, 4) is 0 Å². The molecule has 0 spiro atoms. The van der Waals surface area contributed by atoms with Crippen molar-refractivity contribution in [2.75, 3.05) is 5.32 Å². The van der Waals surface area contributed by atoms with Gasteiger partial charge >= 0.3 is 0 Å². The molecule has 11 heteroatoms. The molecule has 1 N–H and O–H groups in total. The van der Waals surface area contributed by atoms with E-state index in [0.29, 0.717) is 12.2 Å². The number of halogens is 3. The lowest BCUT2D eigenvalue weighted by Crippen LogP contribution is -2.24. The molecule has 0 saturated heterocycles. The number of hydrogen-bond donors (Lipinski definition) is 1. The van der Waals surface area contributed by atoms with E-state index in [1.165, 1.54) is 33.8 Å². The first-order valence-electron chi connectivity index (χ1n) is 9.72. The van der Waals surface area contributed by atoms with Crippen LogP contribution in [0, 0.1) is 5.82 Å². The van der Waals surface area contributed by atoms with Crippen LogP contribution in [0.4, 0.5) is 18.9 Å². The number of amides is 1. The predicted octanol–water partition coefficient (Wildman–Crippen LogP) is 3.09. The van der Waals surface area contributed by atoms with E-state index in [0.717, 1.165) is 11.6 Å². The van der Waals surface area contributed by atoms with Crippen LogP contribution in [0.1, 0.15) is 24.0 Å². The predicted molar refractivity (Wildman–Crippen MR) is 111 cm³/mol. The number of anilines is 1. The summed E-state index contributed by atoms with van der Waals surface area (Å²) >= 11 is 0. The molecule has 0 aliphatic carbocycles. The number of aromatic nitrogens is 5. The van der Waals surface area contributed by atoms with Crippen molar-refractivity contribution in [2.45, 2.75) is 25.9 Å². The van der Waals surface area contributed by atoms with Crippen LogP contribution in [0.25, 0.3) is 11.0 Å². The Morgan fingerprint density at radius 3 is 2.78 bits per heavy atom. The third-order valence-electron chi connectivity index (χ3n) is 4.87. The minimum absolute atomic E-state index is 0.0286. The zero-order valence-electron chi connectivity index (χ0n) is 17.0. The van der Waals surface area contributed by atoms with Gasteiger partial charge in [-0.15, -0.1) is 0 Å².